The number of phosphoric acid groups is 1. The molecule has 51 heavy (non-hydrogen) atoms. The average Bonchev–Trinajstić information content (AvgIpc) is 3.11. The van der Waals surface area contributed by atoms with E-state index in [-0.39, 0.29) is 32.6 Å². The zero-order valence-corrected chi connectivity index (χ0v) is 33.7. The molecule has 0 aromatic rings. The summed E-state index contributed by atoms with van der Waals surface area (Å²) in [6, 6.07) is 0. The number of rotatable bonds is 39. The number of carbonyl (C=O) groups is 2. The third kappa shape index (κ3) is 38.0. The molecule has 0 aliphatic rings. The van der Waals surface area contributed by atoms with Crippen molar-refractivity contribution in [1.29, 1.82) is 0 Å². The van der Waals surface area contributed by atoms with Crippen LogP contribution in [0.5, 0.6) is 0 Å². The molecule has 0 aliphatic carbocycles. The second-order valence-electron chi connectivity index (χ2n) is 13.8. The highest BCUT2D eigenvalue weighted by Gasteiger charge is 2.26. The summed E-state index contributed by atoms with van der Waals surface area (Å²) in [5.74, 6) is -0.849. The predicted molar refractivity (Wildman–Crippen MR) is 211 cm³/mol. The smallest absolute Gasteiger partial charge is 0.462 e. The van der Waals surface area contributed by atoms with Crippen molar-refractivity contribution < 1.29 is 37.6 Å². The zero-order valence-electron chi connectivity index (χ0n) is 32.8. The first kappa shape index (κ1) is 49.5. The molecule has 0 saturated heterocycles. The Bertz CT molecular complexity index is 897. The number of esters is 2. The number of phosphoric ester groups is 1. The van der Waals surface area contributed by atoms with Crippen LogP contribution >= 0.6 is 7.82 Å². The molecule has 0 saturated carbocycles. The van der Waals surface area contributed by atoms with Crippen LogP contribution < -0.4 is 5.73 Å². The van der Waals surface area contributed by atoms with Gasteiger partial charge in [-0.2, -0.15) is 0 Å². The molecular weight excluding hydrogens is 665 g/mol. The summed E-state index contributed by atoms with van der Waals surface area (Å²) in [6.07, 6.45) is 39.2. The monoisotopic (exact) mass is 744 g/mol. The molecule has 0 aromatic carbocycles. The summed E-state index contributed by atoms with van der Waals surface area (Å²) >= 11 is 0. The van der Waals surface area contributed by atoms with Crippen molar-refractivity contribution in [3.8, 4) is 0 Å². The van der Waals surface area contributed by atoms with Gasteiger partial charge in [0.15, 0.2) is 6.10 Å². The van der Waals surface area contributed by atoms with Crippen LogP contribution in [0.3, 0.4) is 0 Å². The molecule has 0 rings (SSSR count). The Hall–Kier alpha value is -1.51. The van der Waals surface area contributed by atoms with Gasteiger partial charge in [-0.1, -0.05) is 141 Å². The van der Waals surface area contributed by atoms with E-state index in [1.807, 2.05) is 0 Å². The molecule has 3 N–H and O–H groups in total. The first-order valence-corrected chi connectivity index (χ1v) is 22.3. The Kier molecular flexibility index (Phi) is 37.1. The van der Waals surface area contributed by atoms with Crippen LogP contribution in [-0.2, 0) is 32.7 Å². The molecule has 0 aliphatic heterocycles. The van der Waals surface area contributed by atoms with Crippen molar-refractivity contribution in [2.45, 2.75) is 200 Å². The highest BCUT2D eigenvalue weighted by molar-refractivity contribution is 7.47. The minimum Gasteiger partial charge on any atom is -0.462 e. The van der Waals surface area contributed by atoms with Gasteiger partial charge in [0.05, 0.1) is 13.2 Å². The molecule has 9 nitrogen and oxygen atoms in total. The van der Waals surface area contributed by atoms with E-state index in [2.05, 4.69) is 38.2 Å². The van der Waals surface area contributed by atoms with Gasteiger partial charge in [-0.25, -0.2) is 4.57 Å². The van der Waals surface area contributed by atoms with E-state index in [9.17, 15) is 19.0 Å². The van der Waals surface area contributed by atoms with E-state index in [0.29, 0.717) is 12.8 Å². The first-order valence-electron chi connectivity index (χ1n) is 20.8. The molecule has 0 heterocycles. The second-order valence-corrected chi connectivity index (χ2v) is 15.3. The van der Waals surface area contributed by atoms with Crippen molar-refractivity contribution in [3.05, 3.63) is 24.3 Å². The molecular formula is C41H78NO8P. The van der Waals surface area contributed by atoms with Gasteiger partial charge in [0, 0.05) is 19.4 Å². The van der Waals surface area contributed by atoms with E-state index in [4.69, 9.17) is 24.3 Å². The van der Waals surface area contributed by atoms with Gasteiger partial charge >= 0.3 is 19.8 Å². The van der Waals surface area contributed by atoms with Crippen molar-refractivity contribution >= 4 is 19.8 Å². The summed E-state index contributed by atoms with van der Waals surface area (Å²) in [7, 11) is -4.37. The molecule has 0 radical (unpaired) electrons. The van der Waals surface area contributed by atoms with E-state index < -0.39 is 32.5 Å². The number of ether oxygens (including phenoxy) is 2. The van der Waals surface area contributed by atoms with Gasteiger partial charge in [0.1, 0.15) is 6.61 Å². The summed E-state index contributed by atoms with van der Waals surface area (Å²) < 4.78 is 32.7. The number of allylic oxidation sites excluding steroid dienone is 4. The Morgan fingerprint density at radius 3 is 1.41 bits per heavy atom. The molecule has 1 unspecified atom stereocenters. The van der Waals surface area contributed by atoms with Gasteiger partial charge in [-0.3, -0.25) is 18.6 Å². The van der Waals surface area contributed by atoms with Gasteiger partial charge < -0.3 is 20.1 Å². The molecule has 0 fully saturated rings. The maximum absolute atomic E-state index is 12.6. The van der Waals surface area contributed by atoms with Crippen LogP contribution in [0.1, 0.15) is 194 Å². The fourth-order valence-electron chi connectivity index (χ4n) is 5.68. The Labute approximate surface area is 312 Å². The molecule has 0 amide bonds. The van der Waals surface area contributed by atoms with Crippen LogP contribution in [0.25, 0.3) is 0 Å². The molecule has 300 valence electrons. The van der Waals surface area contributed by atoms with Gasteiger partial charge in [0.25, 0.3) is 0 Å². The Morgan fingerprint density at radius 2 is 0.961 bits per heavy atom. The van der Waals surface area contributed by atoms with E-state index in [0.717, 1.165) is 51.4 Å². The van der Waals surface area contributed by atoms with Gasteiger partial charge in [-0.15, -0.1) is 0 Å². The van der Waals surface area contributed by atoms with Crippen LogP contribution in [0.4, 0.5) is 0 Å². The largest absolute Gasteiger partial charge is 0.472 e. The van der Waals surface area contributed by atoms with Crippen molar-refractivity contribution in [2.75, 3.05) is 26.4 Å². The highest BCUT2D eigenvalue weighted by Crippen LogP contribution is 2.43. The van der Waals surface area contributed by atoms with Crippen molar-refractivity contribution in [1.82, 2.24) is 0 Å². The third-order valence-electron chi connectivity index (χ3n) is 8.81. The number of carbonyl (C=O) groups excluding carboxylic acids is 2. The van der Waals surface area contributed by atoms with Crippen molar-refractivity contribution in [2.24, 2.45) is 5.73 Å². The number of nitrogens with two attached hydrogens (primary N) is 1. The average molecular weight is 744 g/mol. The number of hydrogen-bond acceptors (Lipinski definition) is 8. The quantitative estimate of drug-likeness (QED) is 0.0273. The lowest BCUT2D eigenvalue weighted by molar-refractivity contribution is -0.161. The normalized spacial score (nSPS) is 13.6. The molecule has 0 aromatic heterocycles. The van der Waals surface area contributed by atoms with Crippen molar-refractivity contribution in [3.63, 3.8) is 0 Å². The minimum atomic E-state index is -4.37. The lowest BCUT2D eigenvalue weighted by atomic mass is 10.1. The zero-order chi connectivity index (χ0) is 37.5. The molecule has 10 heteroatoms. The summed E-state index contributed by atoms with van der Waals surface area (Å²) in [6.45, 7) is 3.70. The first-order chi connectivity index (χ1) is 24.8. The standard InChI is InChI=1S/C41H78NO8P/c1-3-5-7-9-11-13-15-17-18-19-20-22-24-26-28-30-32-34-41(44)50-39(38-49-51(45,46)48-36-35-42)37-47-40(43)33-31-29-27-25-23-21-16-14-12-10-8-6-4-2/h17-18,21,23,39H,3-16,19-20,22,24-38,42H2,1-2H3,(H,45,46)/b18-17+,23-21+/t39-/m1/s1. The maximum atomic E-state index is 12.6. The Balaban J connectivity index is 4.19. The predicted octanol–water partition coefficient (Wildman–Crippen LogP) is 11.6. The van der Waals surface area contributed by atoms with Gasteiger partial charge in [0.2, 0.25) is 0 Å². The topological polar surface area (TPSA) is 134 Å². The lowest BCUT2D eigenvalue weighted by Crippen LogP contribution is -2.29. The van der Waals surface area contributed by atoms with Crippen LogP contribution in [0.15, 0.2) is 24.3 Å². The summed E-state index contributed by atoms with van der Waals surface area (Å²) in [5.41, 5.74) is 5.34. The SMILES string of the molecule is CCCCCCCC/C=C/CCCCCCCCCC(=O)O[C@H](COC(=O)CCCCC/C=C/CCCCCCCC)COP(=O)(O)OCCN. The van der Waals surface area contributed by atoms with Crippen LogP contribution in [0.2, 0.25) is 0 Å². The molecule has 0 spiro atoms. The minimum absolute atomic E-state index is 0.0517. The summed E-state index contributed by atoms with van der Waals surface area (Å²) in [5, 5.41) is 0. The summed E-state index contributed by atoms with van der Waals surface area (Å²) in [4.78, 5) is 34.8. The van der Waals surface area contributed by atoms with Crippen LogP contribution in [0, 0.1) is 0 Å². The fraction of sp³-hybridized carbons (Fsp3) is 0.854. The Morgan fingerprint density at radius 1 is 0.569 bits per heavy atom. The number of unbranched alkanes of at least 4 members (excludes halogenated alkanes) is 22. The number of hydrogen-bond donors (Lipinski definition) is 2. The van der Waals surface area contributed by atoms with E-state index >= 15 is 0 Å². The van der Waals surface area contributed by atoms with Crippen LogP contribution in [-0.4, -0.2) is 49.3 Å². The molecule has 2 atom stereocenters. The molecule has 0 bridgehead atoms. The fourth-order valence-corrected chi connectivity index (χ4v) is 6.45. The third-order valence-corrected chi connectivity index (χ3v) is 9.79. The highest BCUT2D eigenvalue weighted by atomic mass is 31.2. The van der Waals surface area contributed by atoms with E-state index in [1.165, 1.54) is 103 Å². The second kappa shape index (κ2) is 38.2. The van der Waals surface area contributed by atoms with Gasteiger partial charge in [-0.05, 0) is 64.2 Å². The maximum Gasteiger partial charge on any atom is 0.472 e. The lowest BCUT2D eigenvalue weighted by Gasteiger charge is -2.19. The van der Waals surface area contributed by atoms with E-state index in [1.54, 1.807) is 0 Å².